The van der Waals surface area contributed by atoms with E-state index >= 15 is 0 Å². The molecule has 0 saturated carbocycles. The van der Waals surface area contributed by atoms with Gasteiger partial charge in [0.05, 0.1) is 0 Å². The van der Waals surface area contributed by atoms with Gasteiger partial charge in [-0.1, -0.05) is 0 Å². The van der Waals surface area contributed by atoms with E-state index in [9.17, 15) is 4.21 Å². The molecule has 1 fully saturated rings. The molecule has 1 aliphatic rings. The summed E-state index contributed by atoms with van der Waals surface area (Å²) in [5, 5.41) is 12.2. The summed E-state index contributed by atoms with van der Waals surface area (Å²) in [6.45, 7) is 0.745. The van der Waals surface area contributed by atoms with Crippen molar-refractivity contribution in [3.63, 3.8) is 0 Å². The van der Waals surface area contributed by atoms with E-state index in [0.29, 0.717) is 11.7 Å². The standard InChI is InChI=1S/C12H15N3OS/c13-8-12-7-10(1-4-14-12)9-15-11-2-5-17(16)6-3-11/h1,4,7,11,15H,2-3,5-6,9H2. The summed E-state index contributed by atoms with van der Waals surface area (Å²) in [6.07, 6.45) is 3.61. The highest BCUT2D eigenvalue weighted by atomic mass is 32.2. The largest absolute Gasteiger partial charge is 0.310 e. The van der Waals surface area contributed by atoms with E-state index in [0.717, 1.165) is 36.5 Å². The third kappa shape index (κ3) is 3.62. The maximum atomic E-state index is 11.2. The fourth-order valence-corrected chi connectivity index (χ4v) is 3.20. The van der Waals surface area contributed by atoms with Gasteiger partial charge < -0.3 is 5.32 Å². The molecule has 0 atom stereocenters. The highest BCUT2D eigenvalue weighted by molar-refractivity contribution is 7.85. The van der Waals surface area contributed by atoms with E-state index in [1.807, 2.05) is 12.1 Å². The van der Waals surface area contributed by atoms with Crippen molar-refractivity contribution in [2.45, 2.75) is 25.4 Å². The minimum absolute atomic E-state index is 0.450. The first-order chi connectivity index (χ1) is 8.28. The predicted octanol–water partition coefficient (Wildman–Crippen LogP) is 0.954. The van der Waals surface area contributed by atoms with Crippen LogP contribution in [0.15, 0.2) is 18.3 Å². The van der Waals surface area contributed by atoms with Crippen LogP contribution in [0.5, 0.6) is 0 Å². The number of hydrogen-bond donors (Lipinski definition) is 1. The fourth-order valence-electron chi connectivity index (χ4n) is 1.91. The Kier molecular flexibility index (Phi) is 4.24. The van der Waals surface area contributed by atoms with Crippen LogP contribution in [0, 0.1) is 11.3 Å². The number of pyridine rings is 1. The quantitative estimate of drug-likeness (QED) is 0.866. The van der Waals surface area contributed by atoms with Crippen molar-refractivity contribution >= 4 is 10.8 Å². The van der Waals surface area contributed by atoms with Gasteiger partial charge in [-0.25, -0.2) is 4.98 Å². The molecule has 0 bridgehead atoms. The van der Waals surface area contributed by atoms with Crippen LogP contribution in [-0.4, -0.2) is 26.7 Å². The minimum atomic E-state index is -0.607. The van der Waals surface area contributed by atoms with E-state index in [1.54, 1.807) is 12.3 Å². The van der Waals surface area contributed by atoms with Gasteiger partial charge in [0.1, 0.15) is 11.8 Å². The first-order valence-electron chi connectivity index (χ1n) is 5.71. The lowest BCUT2D eigenvalue weighted by Crippen LogP contribution is -2.35. The second kappa shape index (κ2) is 5.89. The SMILES string of the molecule is N#Cc1cc(CNC2CCS(=O)CC2)ccn1. The van der Waals surface area contributed by atoms with Gasteiger partial charge in [-0.3, -0.25) is 4.21 Å². The van der Waals surface area contributed by atoms with Gasteiger partial charge in [0.15, 0.2) is 0 Å². The molecule has 2 heterocycles. The van der Waals surface area contributed by atoms with Gasteiger partial charge in [0, 0.05) is 41.1 Å². The van der Waals surface area contributed by atoms with Gasteiger partial charge in [-0.2, -0.15) is 5.26 Å². The van der Waals surface area contributed by atoms with Crippen LogP contribution in [0.3, 0.4) is 0 Å². The van der Waals surface area contributed by atoms with E-state index in [4.69, 9.17) is 5.26 Å². The summed E-state index contributed by atoms with van der Waals surface area (Å²) in [5.74, 6) is 1.61. The Labute approximate surface area is 104 Å². The number of nitrogens with zero attached hydrogens (tertiary/aromatic N) is 2. The third-order valence-corrected chi connectivity index (χ3v) is 4.30. The lowest BCUT2D eigenvalue weighted by molar-refractivity contribution is 0.475. The smallest absolute Gasteiger partial charge is 0.140 e. The van der Waals surface area contributed by atoms with Gasteiger partial charge in [0.25, 0.3) is 0 Å². The number of rotatable bonds is 3. The minimum Gasteiger partial charge on any atom is -0.310 e. The number of nitriles is 1. The van der Waals surface area contributed by atoms with Crippen molar-refractivity contribution in [2.24, 2.45) is 0 Å². The molecule has 4 nitrogen and oxygen atoms in total. The highest BCUT2D eigenvalue weighted by Crippen LogP contribution is 2.10. The van der Waals surface area contributed by atoms with Crippen LogP contribution in [0.25, 0.3) is 0 Å². The summed E-state index contributed by atoms with van der Waals surface area (Å²) in [6, 6.07) is 6.19. The van der Waals surface area contributed by atoms with E-state index < -0.39 is 10.8 Å². The highest BCUT2D eigenvalue weighted by Gasteiger charge is 2.16. The molecule has 0 aromatic carbocycles. The lowest BCUT2D eigenvalue weighted by atomic mass is 10.1. The zero-order valence-corrected chi connectivity index (χ0v) is 10.4. The van der Waals surface area contributed by atoms with Crippen molar-refractivity contribution in [1.82, 2.24) is 10.3 Å². The first kappa shape index (κ1) is 12.2. The summed E-state index contributed by atoms with van der Waals surface area (Å²) in [7, 11) is -0.607. The molecule has 90 valence electrons. The van der Waals surface area contributed by atoms with E-state index in [1.165, 1.54) is 0 Å². The Hall–Kier alpha value is -1.25. The molecule has 1 aromatic rings. The second-order valence-corrected chi connectivity index (χ2v) is 5.86. The predicted molar refractivity (Wildman–Crippen MR) is 66.7 cm³/mol. The molecule has 17 heavy (non-hydrogen) atoms. The molecule has 0 radical (unpaired) electrons. The average Bonchev–Trinajstić information content (AvgIpc) is 2.38. The Morgan fingerprint density at radius 3 is 3.00 bits per heavy atom. The molecule has 1 aliphatic heterocycles. The Bertz CT molecular complexity index is 445. The number of hydrogen-bond acceptors (Lipinski definition) is 4. The number of nitrogens with one attached hydrogen (secondary N) is 1. The molecule has 0 spiro atoms. The monoisotopic (exact) mass is 249 g/mol. The summed E-state index contributed by atoms with van der Waals surface area (Å²) < 4.78 is 11.2. The molecule has 5 heteroatoms. The van der Waals surface area contributed by atoms with E-state index in [2.05, 4.69) is 10.3 Å². The van der Waals surface area contributed by atoms with Gasteiger partial charge in [0.2, 0.25) is 0 Å². The Morgan fingerprint density at radius 2 is 2.29 bits per heavy atom. The topological polar surface area (TPSA) is 65.8 Å². The van der Waals surface area contributed by atoms with Crippen LogP contribution >= 0.6 is 0 Å². The maximum absolute atomic E-state index is 11.2. The molecule has 0 aliphatic carbocycles. The second-order valence-electron chi connectivity index (χ2n) is 4.16. The molecule has 2 rings (SSSR count). The van der Waals surface area contributed by atoms with E-state index in [-0.39, 0.29) is 0 Å². The van der Waals surface area contributed by atoms with Crippen molar-refractivity contribution in [2.75, 3.05) is 11.5 Å². The molecule has 0 amide bonds. The molecule has 0 unspecified atom stereocenters. The van der Waals surface area contributed by atoms with Gasteiger partial charge >= 0.3 is 0 Å². The van der Waals surface area contributed by atoms with Crippen LogP contribution < -0.4 is 5.32 Å². The summed E-state index contributed by atoms with van der Waals surface area (Å²) >= 11 is 0. The van der Waals surface area contributed by atoms with Crippen LogP contribution in [0.4, 0.5) is 0 Å². The third-order valence-electron chi connectivity index (χ3n) is 2.92. The normalized spacial score (nSPS) is 24.2. The molecule has 1 N–H and O–H groups in total. The molecular formula is C12H15N3OS. The van der Waals surface area contributed by atoms with Gasteiger partial charge in [-0.15, -0.1) is 0 Å². The fraction of sp³-hybridized carbons (Fsp3) is 0.500. The van der Waals surface area contributed by atoms with Crippen LogP contribution in [0.2, 0.25) is 0 Å². The Balaban J connectivity index is 1.85. The van der Waals surface area contributed by atoms with Crippen molar-refractivity contribution in [3.05, 3.63) is 29.6 Å². The average molecular weight is 249 g/mol. The molecule has 1 aromatic heterocycles. The summed E-state index contributed by atoms with van der Waals surface area (Å²) in [5.41, 5.74) is 1.53. The van der Waals surface area contributed by atoms with Crippen LogP contribution in [-0.2, 0) is 17.3 Å². The first-order valence-corrected chi connectivity index (χ1v) is 7.20. The van der Waals surface area contributed by atoms with Crippen molar-refractivity contribution in [1.29, 1.82) is 5.26 Å². The summed E-state index contributed by atoms with van der Waals surface area (Å²) in [4.78, 5) is 3.93. The Morgan fingerprint density at radius 1 is 1.53 bits per heavy atom. The number of aromatic nitrogens is 1. The van der Waals surface area contributed by atoms with Crippen molar-refractivity contribution in [3.8, 4) is 6.07 Å². The van der Waals surface area contributed by atoms with Crippen LogP contribution in [0.1, 0.15) is 24.1 Å². The molecular weight excluding hydrogens is 234 g/mol. The lowest BCUT2D eigenvalue weighted by Gasteiger charge is -2.22. The van der Waals surface area contributed by atoms with Crippen molar-refractivity contribution < 1.29 is 4.21 Å². The molecule has 1 saturated heterocycles. The zero-order chi connectivity index (χ0) is 12.1. The maximum Gasteiger partial charge on any atom is 0.140 e. The van der Waals surface area contributed by atoms with Gasteiger partial charge in [-0.05, 0) is 30.5 Å². The zero-order valence-electron chi connectivity index (χ0n) is 9.56.